The molecule has 2 heterocycles. The molecule has 1 N–H and O–H groups in total. The summed E-state index contributed by atoms with van der Waals surface area (Å²) in [7, 11) is 2.04. The molecule has 0 radical (unpaired) electrons. The molecule has 0 spiro atoms. The number of rotatable bonds is 2. The van der Waals surface area contributed by atoms with E-state index in [-0.39, 0.29) is 0 Å². The number of thiophene rings is 1. The SMILES string of the molecule is Cc1ccc(CC2(O)CN(C)C2)s1. The number of nitrogens with zero attached hydrogens (tertiary/aromatic N) is 1. The standard InChI is InChI=1S/C10H15NOS/c1-8-3-4-9(13-8)5-10(12)6-11(2)7-10/h3-4,12H,5-7H2,1-2H3. The molecule has 1 aromatic rings. The van der Waals surface area contributed by atoms with Crippen molar-refractivity contribution in [3.8, 4) is 0 Å². The third-order valence-electron chi connectivity index (χ3n) is 2.43. The van der Waals surface area contributed by atoms with Crippen molar-refractivity contribution in [2.45, 2.75) is 18.9 Å². The van der Waals surface area contributed by atoms with Crippen molar-refractivity contribution >= 4 is 11.3 Å². The zero-order valence-electron chi connectivity index (χ0n) is 8.08. The minimum absolute atomic E-state index is 0.452. The van der Waals surface area contributed by atoms with Gasteiger partial charge in [-0.05, 0) is 26.1 Å². The van der Waals surface area contributed by atoms with Crippen LogP contribution in [0.5, 0.6) is 0 Å². The molecule has 2 nitrogen and oxygen atoms in total. The lowest BCUT2D eigenvalue weighted by Crippen LogP contribution is -2.61. The third-order valence-corrected chi connectivity index (χ3v) is 3.43. The Hall–Kier alpha value is -0.380. The van der Waals surface area contributed by atoms with Crippen LogP contribution in [0.15, 0.2) is 12.1 Å². The molecule has 13 heavy (non-hydrogen) atoms. The molecule has 0 amide bonds. The molecule has 1 aromatic heterocycles. The van der Waals surface area contributed by atoms with Crippen molar-refractivity contribution in [3.05, 3.63) is 21.9 Å². The minimum Gasteiger partial charge on any atom is -0.387 e. The Bertz CT molecular complexity index is 302. The van der Waals surface area contributed by atoms with Crippen LogP contribution in [0.25, 0.3) is 0 Å². The lowest BCUT2D eigenvalue weighted by molar-refractivity contribution is -0.0842. The van der Waals surface area contributed by atoms with Gasteiger partial charge >= 0.3 is 0 Å². The second-order valence-corrected chi connectivity index (χ2v) is 5.46. The summed E-state index contributed by atoms with van der Waals surface area (Å²) in [5.74, 6) is 0. The van der Waals surface area contributed by atoms with E-state index >= 15 is 0 Å². The van der Waals surface area contributed by atoms with Gasteiger partial charge in [0.15, 0.2) is 0 Å². The second-order valence-electron chi connectivity index (χ2n) is 4.09. The predicted octanol–water partition coefficient (Wildman–Crippen LogP) is 1.28. The zero-order chi connectivity index (χ0) is 9.47. The summed E-state index contributed by atoms with van der Waals surface area (Å²) in [5.41, 5.74) is -0.452. The van der Waals surface area contributed by atoms with E-state index in [4.69, 9.17) is 0 Å². The minimum atomic E-state index is -0.452. The quantitative estimate of drug-likeness (QED) is 0.772. The van der Waals surface area contributed by atoms with Gasteiger partial charge in [-0.1, -0.05) is 0 Å². The zero-order valence-corrected chi connectivity index (χ0v) is 8.90. The average molecular weight is 197 g/mol. The van der Waals surface area contributed by atoms with Gasteiger partial charge in [0.05, 0.1) is 5.60 Å². The Morgan fingerprint density at radius 1 is 1.54 bits per heavy atom. The largest absolute Gasteiger partial charge is 0.387 e. The first kappa shape index (κ1) is 9.19. The van der Waals surface area contributed by atoms with Crippen LogP contribution < -0.4 is 0 Å². The highest BCUT2D eigenvalue weighted by Crippen LogP contribution is 2.27. The summed E-state index contributed by atoms with van der Waals surface area (Å²) in [6.07, 6.45) is 0.815. The van der Waals surface area contributed by atoms with E-state index in [1.54, 1.807) is 11.3 Å². The molecule has 0 atom stereocenters. The van der Waals surface area contributed by atoms with Gasteiger partial charge in [0.25, 0.3) is 0 Å². The Balaban J connectivity index is 1.99. The van der Waals surface area contributed by atoms with Crippen molar-refractivity contribution in [2.75, 3.05) is 20.1 Å². The van der Waals surface area contributed by atoms with Gasteiger partial charge in [-0.2, -0.15) is 0 Å². The number of hydrogen-bond acceptors (Lipinski definition) is 3. The highest BCUT2D eigenvalue weighted by molar-refractivity contribution is 7.11. The number of hydrogen-bond donors (Lipinski definition) is 1. The maximum absolute atomic E-state index is 10.0. The maximum atomic E-state index is 10.0. The van der Waals surface area contributed by atoms with Crippen molar-refractivity contribution in [1.29, 1.82) is 0 Å². The van der Waals surface area contributed by atoms with Gasteiger partial charge in [0.1, 0.15) is 0 Å². The first-order valence-electron chi connectivity index (χ1n) is 4.54. The van der Waals surface area contributed by atoms with Gasteiger partial charge in [-0.25, -0.2) is 0 Å². The van der Waals surface area contributed by atoms with E-state index in [0.717, 1.165) is 19.5 Å². The molecule has 2 rings (SSSR count). The summed E-state index contributed by atoms with van der Waals surface area (Å²) < 4.78 is 0. The predicted molar refractivity (Wildman–Crippen MR) is 55.2 cm³/mol. The van der Waals surface area contributed by atoms with Crippen molar-refractivity contribution in [1.82, 2.24) is 4.90 Å². The normalized spacial score (nSPS) is 21.5. The Morgan fingerprint density at radius 2 is 2.23 bits per heavy atom. The summed E-state index contributed by atoms with van der Waals surface area (Å²) in [4.78, 5) is 4.76. The topological polar surface area (TPSA) is 23.5 Å². The van der Waals surface area contributed by atoms with Crippen LogP contribution in [0.2, 0.25) is 0 Å². The van der Waals surface area contributed by atoms with Crippen LogP contribution >= 0.6 is 11.3 Å². The molecule has 0 aromatic carbocycles. The van der Waals surface area contributed by atoms with E-state index in [1.165, 1.54) is 9.75 Å². The molecule has 1 saturated heterocycles. The van der Waals surface area contributed by atoms with Gasteiger partial charge in [-0.15, -0.1) is 11.3 Å². The van der Waals surface area contributed by atoms with E-state index in [2.05, 4.69) is 24.0 Å². The number of likely N-dealkylation sites (tertiary alicyclic amines) is 1. The Labute approximate surface area is 82.8 Å². The molecule has 0 unspecified atom stereocenters. The summed E-state index contributed by atoms with van der Waals surface area (Å²) in [6, 6.07) is 4.24. The van der Waals surface area contributed by atoms with Crippen molar-refractivity contribution in [2.24, 2.45) is 0 Å². The van der Waals surface area contributed by atoms with Crippen LogP contribution in [0.3, 0.4) is 0 Å². The molecular formula is C10H15NOS. The summed E-state index contributed by atoms with van der Waals surface area (Å²) >= 11 is 1.79. The first-order valence-corrected chi connectivity index (χ1v) is 5.35. The van der Waals surface area contributed by atoms with Crippen molar-refractivity contribution < 1.29 is 5.11 Å². The highest BCUT2D eigenvalue weighted by atomic mass is 32.1. The number of likely N-dealkylation sites (N-methyl/N-ethyl adjacent to an activating group) is 1. The fourth-order valence-electron chi connectivity index (χ4n) is 1.97. The van der Waals surface area contributed by atoms with Crippen LogP contribution in [0, 0.1) is 6.92 Å². The highest BCUT2D eigenvalue weighted by Gasteiger charge is 2.39. The van der Waals surface area contributed by atoms with E-state index < -0.39 is 5.60 Å². The summed E-state index contributed by atoms with van der Waals surface area (Å²) in [5, 5.41) is 10.0. The fourth-order valence-corrected chi connectivity index (χ4v) is 3.00. The van der Waals surface area contributed by atoms with E-state index in [0.29, 0.717) is 0 Å². The number of β-amino-alcohol motifs (C(OH)–C–C–N with tert-alkyl or cyclic N) is 1. The second kappa shape index (κ2) is 3.08. The molecule has 0 saturated carbocycles. The first-order chi connectivity index (χ1) is 6.07. The monoisotopic (exact) mass is 197 g/mol. The Morgan fingerprint density at radius 3 is 2.69 bits per heavy atom. The van der Waals surface area contributed by atoms with Crippen molar-refractivity contribution in [3.63, 3.8) is 0 Å². The van der Waals surface area contributed by atoms with E-state index in [1.807, 2.05) is 7.05 Å². The van der Waals surface area contributed by atoms with Crippen LogP contribution in [0.4, 0.5) is 0 Å². The fraction of sp³-hybridized carbons (Fsp3) is 0.600. The molecule has 3 heteroatoms. The van der Waals surface area contributed by atoms with Gasteiger partial charge < -0.3 is 10.0 Å². The van der Waals surface area contributed by atoms with Crippen LogP contribution in [-0.4, -0.2) is 35.7 Å². The molecule has 1 aliphatic rings. The lowest BCUT2D eigenvalue weighted by Gasteiger charge is -2.44. The molecule has 0 aliphatic carbocycles. The third kappa shape index (κ3) is 1.93. The lowest BCUT2D eigenvalue weighted by atomic mass is 9.90. The van der Waals surface area contributed by atoms with Gasteiger partial charge in [0.2, 0.25) is 0 Å². The molecular weight excluding hydrogens is 182 g/mol. The molecule has 72 valence electrons. The van der Waals surface area contributed by atoms with Crippen LogP contribution in [-0.2, 0) is 6.42 Å². The number of aryl methyl sites for hydroxylation is 1. The molecule has 0 bridgehead atoms. The maximum Gasteiger partial charge on any atom is 0.0947 e. The number of aliphatic hydroxyl groups is 1. The van der Waals surface area contributed by atoms with E-state index in [9.17, 15) is 5.11 Å². The smallest absolute Gasteiger partial charge is 0.0947 e. The Kier molecular flexibility index (Phi) is 2.18. The van der Waals surface area contributed by atoms with Gasteiger partial charge in [0, 0.05) is 29.3 Å². The summed E-state index contributed by atoms with van der Waals surface area (Å²) in [6.45, 7) is 3.72. The molecule has 1 fully saturated rings. The average Bonchev–Trinajstić information content (AvgIpc) is 2.32. The molecule has 1 aliphatic heterocycles. The van der Waals surface area contributed by atoms with Gasteiger partial charge in [-0.3, -0.25) is 0 Å². The van der Waals surface area contributed by atoms with Crippen LogP contribution in [0.1, 0.15) is 9.75 Å².